The van der Waals surface area contributed by atoms with Gasteiger partial charge in [-0.15, -0.1) is 11.3 Å². The fourth-order valence-electron chi connectivity index (χ4n) is 4.21. The number of benzene rings is 2. The van der Waals surface area contributed by atoms with E-state index in [0.717, 1.165) is 39.4 Å². The van der Waals surface area contributed by atoms with Crippen molar-refractivity contribution < 1.29 is 19.1 Å². The second kappa shape index (κ2) is 8.51. The lowest BCUT2D eigenvalue weighted by atomic mass is 10.1. The highest BCUT2D eigenvalue weighted by Crippen LogP contribution is 2.36. The predicted molar refractivity (Wildman–Crippen MR) is 128 cm³/mol. The Balaban J connectivity index is 1.30. The number of carbonyl (C=O) groups excluding carboxylic acids is 2. The minimum atomic E-state index is -0.133. The average Bonchev–Trinajstić information content (AvgIpc) is 3.50. The molecule has 3 heterocycles. The van der Waals surface area contributed by atoms with Crippen LogP contribution in [0.15, 0.2) is 36.4 Å². The first-order valence-corrected chi connectivity index (χ1v) is 11.8. The van der Waals surface area contributed by atoms with Gasteiger partial charge in [0.2, 0.25) is 18.6 Å². The molecule has 33 heavy (non-hydrogen) atoms. The molecule has 2 aromatic carbocycles. The summed E-state index contributed by atoms with van der Waals surface area (Å²) in [5, 5.41) is 3.49. The quantitative estimate of drug-likeness (QED) is 0.599. The van der Waals surface area contributed by atoms with Gasteiger partial charge in [0.1, 0.15) is 0 Å². The standard InChI is InChI=1S/C25H25N3O4S/c1-14(2)24(30)28-9-8-17-12-18(5-6-19(17)28)23-15(3)33-25(27-23)26-22(29)11-16-4-7-20-21(10-16)32-13-31-20/h4-7,10,12,14H,8-9,11,13H2,1-3H3,(H,26,27,29). The number of ether oxygens (including phenoxy) is 2. The molecule has 2 aliphatic heterocycles. The molecule has 2 aliphatic rings. The van der Waals surface area contributed by atoms with Gasteiger partial charge in [-0.1, -0.05) is 26.0 Å². The van der Waals surface area contributed by atoms with E-state index in [-0.39, 0.29) is 30.9 Å². The Morgan fingerprint density at radius 3 is 2.79 bits per heavy atom. The maximum Gasteiger partial charge on any atom is 0.231 e. The van der Waals surface area contributed by atoms with Crippen molar-refractivity contribution >= 4 is 34.0 Å². The molecule has 5 rings (SSSR count). The molecule has 0 saturated heterocycles. The van der Waals surface area contributed by atoms with Crippen molar-refractivity contribution in [3.8, 4) is 22.8 Å². The highest BCUT2D eigenvalue weighted by molar-refractivity contribution is 7.16. The van der Waals surface area contributed by atoms with E-state index >= 15 is 0 Å². The lowest BCUT2D eigenvalue weighted by Crippen LogP contribution is -2.32. The van der Waals surface area contributed by atoms with Crippen LogP contribution in [0, 0.1) is 12.8 Å². The molecular formula is C25H25N3O4S. The average molecular weight is 464 g/mol. The fraction of sp³-hybridized carbons (Fsp3) is 0.320. The van der Waals surface area contributed by atoms with Crippen molar-refractivity contribution in [1.29, 1.82) is 0 Å². The third kappa shape index (κ3) is 4.18. The minimum Gasteiger partial charge on any atom is -0.454 e. The van der Waals surface area contributed by atoms with Gasteiger partial charge in [0.05, 0.1) is 12.1 Å². The van der Waals surface area contributed by atoms with Crippen molar-refractivity contribution in [2.75, 3.05) is 23.6 Å². The zero-order valence-electron chi connectivity index (χ0n) is 18.8. The van der Waals surface area contributed by atoms with Gasteiger partial charge < -0.3 is 19.7 Å². The molecule has 0 unspecified atom stereocenters. The number of aryl methyl sites for hydroxylation is 1. The molecule has 2 amide bonds. The molecule has 1 N–H and O–H groups in total. The van der Waals surface area contributed by atoms with Gasteiger partial charge in [0.25, 0.3) is 0 Å². The summed E-state index contributed by atoms with van der Waals surface area (Å²) in [4.78, 5) is 32.7. The van der Waals surface area contributed by atoms with Crippen LogP contribution in [-0.2, 0) is 22.4 Å². The molecule has 170 valence electrons. The molecule has 8 heteroatoms. The Kier molecular flexibility index (Phi) is 5.54. The number of fused-ring (bicyclic) bond motifs is 2. The number of hydrogen-bond acceptors (Lipinski definition) is 6. The lowest BCUT2D eigenvalue weighted by molar-refractivity contribution is -0.121. The van der Waals surface area contributed by atoms with Crippen LogP contribution in [0.25, 0.3) is 11.3 Å². The third-order valence-corrected chi connectivity index (χ3v) is 6.74. The molecule has 0 spiro atoms. The van der Waals surface area contributed by atoms with Crippen LogP contribution in [0.1, 0.15) is 29.9 Å². The maximum absolute atomic E-state index is 12.6. The number of nitrogens with one attached hydrogen (secondary N) is 1. The second-order valence-corrected chi connectivity index (χ2v) is 9.78. The molecule has 7 nitrogen and oxygen atoms in total. The molecule has 0 atom stereocenters. The van der Waals surface area contributed by atoms with E-state index in [1.807, 2.05) is 56.0 Å². The first kappa shape index (κ1) is 21.5. The first-order valence-electron chi connectivity index (χ1n) is 11.0. The number of thiazole rings is 1. The molecule has 0 saturated carbocycles. The minimum absolute atomic E-state index is 0.0276. The number of aromatic nitrogens is 1. The smallest absolute Gasteiger partial charge is 0.231 e. The Labute approximate surface area is 196 Å². The van der Waals surface area contributed by atoms with Gasteiger partial charge in [0.15, 0.2) is 16.6 Å². The summed E-state index contributed by atoms with van der Waals surface area (Å²) in [6, 6.07) is 11.6. The summed E-state index contributed by atoms with van der Waals surface area (Å²) in [6.07, 6.45) is 1.06. The Hall–Kier alpha value is -3.39. The Morgan fingerprint density at radius 2 is 1.97 bits per heavy atom. The Morgan fingerprint density at radius 1 is 1.15 bits per heavy atom. The normalized spacial score (nSPS) is 14.0. The topological polar surface area (TPSA) is 80.8 Å². The SMILES string of the molecule is Cc1sc(NC(=O)Cc2ccc3c(c2)OCO3)nc1-c1ccc2c(c1)CCN2C(=O)C(C)C. The third-order valence-electron chi connectivity index (χ3n) is 5.85. The summed E-state index contributed by atoms with van der Waals surface area (Å²) < 4.78 is 10.7. The van der Waals surface area contributed by atoms with Crippen molar-refractivity contribution in [3.05, 3.63) is 52.4 Å². The second-order valence-electron chi connectivity index (χ2n) is 8.57. The monoisotopic (exact) mass is 463 g/mol. The van der Waals surface area contributed by atoms with E-state index in [0.29, 0.717) is 23.2 Å². The zero-order chi connectivity index (χ0) is 23.1. The summed E-state index contributed by atoms with van der Waals surface area (Å²) in [7, 11) is 0. The highest BCUT2D eigenvalue weighted by atomic mass is 32.1. The van der Waals surface area contributed by atoms with Crippen LogP contribution in [0.4, 0.5) is 10.8 Å². The molecule has 0 fully saturated rings. The van der Waals surface area contributed by atoms with E-state index in [1.54, 1.807) is 0 Å². The van der Waals surface area contributed by atoms with E-state index in [2.05, 4.69) is 16.4 Å². The summed E-state index contributed by atoms with van der Waals surface area (Å²) in [5.41, 5.74) is 4.85. The van der Waals surface area contributed by atoms with Crippen molar-refractivity contribution in [2.45, 2.75) is 33.6 Å². The van der Waals surface area contributed by atoms with Gasteiger partial charge in [0, 0.05) is 28.6 Å². The number of nitrogens with zero attached hydrogens (tertiary/aromatic N) is 2. The summed E-state index contributed by atoms with van der Waals surface area (Å²) in [6.45, 7) is 6.78. The number of amides is 2. The van der Waals surface area contributed by atoms with E-state index in [4.69, 9.17) is 9.47 Å². The van der Waals surface area contributed by atoms with Crippen molar-refractivity contribution in [3.63, 3.8) is 0 Å². The number of carbonyl (C=O) groups is 2. The van der Waals surface area contributed by atoms with Gasteiger partial charge in [-0.05, 0) is 48.7 Å². The van der Waals surface area contributed by atoms with Gasteiger partial charge >= 0.3 is 0 Å². The van der Waals surface area contributed by atoms with E-state index < -0.39 is 0 Å². The largest absolute Gasteiger partial charge is 0.454 e. The predicted octanol–water partition coefficient (Wildman–Crippen LogP) is 4.57. The zero-order valence-corrected chi connectivity index (χ0v) is 19.6. The number of anilines is 2. The van der Waals surface area contributed by atoms with E-state index in [1.165, 1.54) is 11.3 Å². The lowest BCUT2D eigenvalue weighted by Gasteiger charge is -2.19. The summed E-state index contributed by atoms with van der Waals surface area (Å²) in [5.74, 6) is 1.35. The molecule has 1 aromatic heterocycles. The fourth-order valence-corrected chi connectivity index (χ4v) is 5.06. The molecular weight excluding hydrogens is 438 g/mol. The summed E-state index contributed by atoms with van der Waals surface area (Å²) >= 11 is 1.46. The number of hydrogen-bond donors (Lipinski definition) is 1. The van der Waals surface area contributed by atoms with Crippen LogP contribution >= 0.6 is 11.3 Å². The van der Waals surface area contributed by atoms with Crippen molar-refractivity contribution in [1.82, 2.24) is 4.98 Å². The Bertz CT molecular complexity index is 1250. The van der Waals surface area contributed by atoms with Gasteiger partial charge in [-0.2, -0.15) is 0 Å². The van der Waals surface area contributed by atoms with Crippen LogP contribution < -0.4 is 19.7 Å². The van der Waals surface area contributed by atoms with Crippen LogP contribution in [0.5, 0.6) is 11.5 Å². The van der Waals surface area contributed by atoms with Crippen LogP contribution in [0.2, 0.25) is 0 Å². The van der Waals surface area contributed by atoms with Crippen molar-refractivity contribution in [2.24, 2.45) is 5.92 Å². The highest BCUT2D eigenvalue weighted by Gasteiger charge is 2.27. The molecule has 0 aliphatic carbocycles. The molecule has 3 aromatic rings. The molecule has 0 bridgehead atoms. The van der Waals surface area contributed by atoms with Gasteiger partial charge in [-0.3, -0.25) is 9.59 Å². The van der Waals surface area contributed by atoms with Crippen LogP contribution in [0.3, 0.4) is 0 Å². The number of rotatable bonds is 5. The molecule has 0 radical (unpaired) electrons. The maximum atomic E-state index is 12.6. The first-order chi connectivity index (χ1) is 15.9. The van der Waals surface area contributed by atoms with E-state index in [9.17, 15) is 9.59 Å². The van der Waals surface area contributed by atoms with Crippen LogP contribution in [-0.4, -0.2) is 30.1 Å². The van der Waals surface area contributed by atoms with Gasteiger partial charge in [-0.25, -0.2) is 4.98 Å².